The van der Waals surface area contributed by atoms with Crippen molar-refractivity contribution >= 4 is 11.8 Å². The van der Waals surface area contributed by atoms with Crippen molar-refractivity contribution in [2.75, 3.05) is 40.3 Å². The normalized spacial score (nSPS) is 35.5. The molecule has 8 nitrogen and oxygen atoms in total. The van der Waals surface area contributed by atoms with Gasteiger partial charge in [0.1, 0.15) is 0 Å². The fourth-order valence-electron chi connectivity index (χ4n) is 5.18. The summed E-state index contributed by atoms with van der Waals surface area (Å²) in [6.07, 6.45) is 4.97. The van der Waals surface area contributed by atoms with Crippen LogP contribution < -0.4 is 5.32 Å². The molecule has 2 aliphatic rings. The standard InChI is InChI=1S/C25H47N3O5/c1-7-12-27(5)20-14-19(3)33-24(15-20)32-17-21-18(2)9-10-22(29)26-16-23(30)28(6)13-8-11-25(21,4)31/h18-21,24,31H,7-17H2,1-6H3,(H,26,29)/t18-,19+,20-,21?,24?,25+/m0/s1. The van der Waals surface area contributed by atoms with Crippen LogP contribution in [0.1, 0.15) is 72.6 Å². The van der Waals surface area contributed by atoms with Gasteiger partial charge < -0.3 is 29.7 Å². The van der Waals surface area contributed by atoms with Crippen molar-refractivity contribution in [3.8, 4) is 0 Å². The van der Waals surface area contributed by atoms with E-state index in [1.54, 1.807) is 11.9 Å². The van der Waals surface area contributed by atoms with E-state index in [-0.39, 0.29) is 42.6 Å². The number of likely N-dealkylation sites (N-methyl/N-ethyl adjacent to an activating group) is 1. The molecule has 0 aliphatic carbocycles. The van der Waals surface area contributed by atoms with Gasteiger partial charge in [0.05, 0.1) is 24.9 Å². The summed E-state index contributed by atoms with van der Waals surface area (Å²) in [6.45, 7) is 10.2. The summed E-state index contributed by atoms with van der Waals surface area (Å²) in [5.74, 6) is -0.297. The van der Waals surface area contributed by atoms with Gasteiger partial charge >= 0.3 is 0 Å². The Morgan fingerprint density at radius 3 is 2.73 bits per heavy atom. The van der Waals surface area contributed by atoms with Crippen LogP contribution in [0.5, 0.6) is 0 Å². The molecule has 2 N–H and O–H groups in total. The molecule has 8 heteroatoms. The first-order chi connectivity index (χ1) is 15.5. The fraction of sp³-hybridized carbons (Fsp3) is 0.920. The van der Waals surface area contributed by atoms with Gasteiger partial charge in [0.15, 0.2) is 6.29 Å². The molecule has 0 bridgehead atoms. The van der Waals surface area contributed by atoms with E-state index >= 15 is 0 Å². The van der Waals surface area contributed by atoms with Crippen LogP contribution in [-0.2, 0) is 19.1 Å². The Labute approximate surface area is 200 Å². The van der Waals surface area contributed by atoms with E-state index in [2.05, 4.69) is 38.0 Å². The highest BCUT2D eigenvalue weighted by Crippen LogP contribution is 2.34. The van der Waals surface area contributed by atoms with E-state index in [0.29, 0.717) is 44.9 Å². The van der Waals surface area contributed by atoms with Crippen LogP contribution in [0.2, 0.25) is 0 Å². The average Bonchev–Trinajstić information content (AvgIpc) is 2.75. The number of amides is 2. The second-order valence-corrected chi connectivity index (χ2v) is 10.5. The Balaban J connectivity index is 2.07. The van der Waals surface area contributed by atoms with Gasteiger partial charge in [-0.05, 0) is 65.5 Å². The molecular formula is C25H47N3O5. The number of aliphatic hydroxyl groups is 1. The zero-order valence-electron chi connectivity index (χ0n) is 21.6. The highest BCUT2D eigenvalue weighted by molar-refractivity contribution is 5.84. The Kier molecular flexibility index (Phi) is 11.1. The number of hydrogen-bond acceptors (Lipinski definition) is 6. The van der Waals surface area contributed by atoms with Crippen molar-refractivity contribution in [1.29, 1.82) is 0 Å². The summed E-state index contributed by atoms with van der Waals surface area (Å²) in [7, 11) is 3.90. The highest BCUT2D eigenvalue weighted by Gasteiger charge is 2.38. The first-order valence-corrected chi connectivity index (χ1v) is 12.7. The predicted molar refractivity (Wildman–Crippen MR) is 129 cm³/mol. The molecule has 2 heterocycles. The largest absolute Gasteiger partial charge is 0.390 e. The molecule has 6 atom stereocenters. The Bertz CT molecular complexity index is 629. The lowest BCUT2D eigenvalue weighted by Gasteiger charge is -2.41. The molecular weight excluding hydrogens is 422 g/mol. The smallest absolute Gasteiger partial charge is 0.241 e. The molecule has 33 heavy (non-hydrogen) atoms. The van der Waals surface area contributed by atoms with Gasteiger partial charge in [-0.2, -0.15) is 0 Å². The zero-order chi connectivity index (χ0) is 24.6. The van der Waals surface area contributed by atoms with Gasteiger partial charge in [-0.3, -0.25) is 9.59 Å². The number of hydrogen-bond donors (Lipinski definition) is 2. The zero-order valence-corrected chi connectivity index (χ0v) is 21.6. The quantitative estimate of drug-likeness (QED) is 0.621. The maximum absolute atomic E-state index is 12.2. The van der Waals surface area contributed by atoms with Crippen LogP contribution in [0.4, 0.5) is 0 Å². The maximum Gasteiger partial charge on any atom is 0.241 e. The number of nitrogens with zero attached hydrogens (tertiary/aromatic N) is 2. The molecule has 2 unspecified atom stereocenters. The van der Waals surface area contributed by atoms with Gasteiger partial charge in [-0.1, -0.05) is 13.8 Å². The summed E-state index contributed by atoms with van der Waals surface area (Å²) < 4.78 is 12.4. The molecule has 2 rings (SSSR count). The van der Waals surface area contributed by atoms with Crippen LogP contribution in [0.3, 0.4) is 0 Å². The molecule has 0 aromatic carbocycles. The third kappa shape index (κ3) is 8.81. The van der Waals surface area contributed by atoms with Crippen LogP contribution in [0.15, 0.2) is 0 Å². The van der Waals surface area contributed by atoms with Gasteiger partial charge in [-0.15, -0.1) is 0 Å². The number of rotatable bonds is 6. The maximum atomic E-state index is 12.2. The van der Waals surface area contributed by atoms with E-state index in [1.165, 1.54) is 0 Å². The minimum absolute atomic E-state index is 0.0253. The molecule has 0 aromatic heterocycles. The van der Waals surface area contributed by atoms with Crippen LogP contribution in [0, 0.1) is 11.8 Å². The monoisotopic (exact) mass is 469 g/mol. The summed E-state index contributed by atoms with van der Waals surface area (Å²) >= 11 is 0. The number of carbonyl (C=O) groups is 2. The molecule has 2 saturated heterocycles. The van der Waals surface area contributed by atoms with Crippen LogP contribution in [0.25, 0.3) is 0 Å². The van der Waals surface area contributed by atoms with Crippen molar-refractivity contribution in [3.63, 3.8) is 0 Å². The summed E-state index contributed by atoms with van der Waals surface area (Å²) in [4.78, 5) is 28.4. The molecule has 0 aromatic rings. The molecule has 2 aliphatic heterocycles. The lowest BCUT2D eigenvalue weighted by atomic mass is 9.76. The summed E-state index contributed by atoms with van der Waals surface area (Å²) in [6, 6.07) is 0.425. The summed E-state index contributed by atoms with van der Waals surface area (Å²) in [5, 5.41) is 14.2. The number of ether oxygens (including phenoxy) is 2. The van der Waals surface area contributed by atoms with Crippen molar-refractivity contribution in [1.82, 2.24) is 15.1 Å². The Morgan fingerprint density at radius 2 is 2.03 bits per heavy atom. The summed E-state index contributed by atoms with van der Waals surface area (Å²) in [5.41, 5.74) is -0.966. The van der Waals surface area contributed by atoms with E-state index in [4.69, 9.17) is 9.47 Å². The van der Waals surface area contributed by atoms with E-state index in [1.807, 2.05) is 6.92 Å². The van der Waals surface area contributed by atoms with Gasteiger partial charge in [0.25, 0.3) is 0 Å². The predicted octanol–water partition coefficient (Wildman–Crippen LogP) is 2.39. The third-order valence-electron chi connectivity index (χ3n) is 7.47. The molecule has 0 saturated carbocycles. The molecule has 192 valence electrons. The minimum Gasteiger partial charge on any atom is -0.390 e. The van der Waals surface area contributed by atoms with Gasteiger partial charge in [-0.25, -0.2) is 0 Å². The van der Waals surface area contributed by atoms with Crippen molar-refractivity contribution in [2.24, 2.45) is 11.8 Å². The second kappa shape index (κ2) is 13.0. The van der Waals surface area contributed by atoms with Crippen molar-refractivity contribution in [3.05, 3.63) is 0 Å². The lowest BCUT2D eigenvalue weighted by Crippen LogP contribution is -2.46. The Morgan fingerprint density at radius 1 is 1.30 bits per heavy atom. The van der Waals surface area contributed by atoms with E-state index < -0.39 is 5.60 Å². The second-order valence-electron chi connectivity index (χ2n) is 10.5. The molecule has 0 radical (unpaired) electrons. The average molecular weight is 470 g/mol. The first kappa shape index (κ1) is 28.0. The SMILES string of the molecule is CCCN(C)[C@@H]1CC(OCC2[C@@H](C)CCC(=O)NCC(=O)N(C)CCC[C@@]2(C)O)O[C@H](C)C1. The highest BCUT2D eigenvalue weighted by atomic mass is 16.7. The first-order valence-electron chi connectivity index (χ1n) is 12.7. The number of carbonyl (C=O) groups excluding carboxylic acids is 2. The minimum atomic E-state index is -0.966. The van der Waals surface area contributed by atoms with Crippen LogP contribution in [-0.4, -0.2) is 91.1 Å². The molecule has 2 amide bonds. The van der Waals surface area contributed by atoms with Gasteiger partial charge in [0.2, 0.25) is 11.8 Å². The molecule has 2 fully saturated rings. The Hall–Kier alpha value is -1.22. The lowest BCUT2D eigenvalue weighted by molar-refractivity contribution is -0.218. The van der Waals surface area contributed by atoms with Gasteiger partial charge in [0, 0.05) is 38.4 Å². The number of nitrogens with one attached hydrogen (secondary N) is 1. The third-order valence-corrected chi connectivity index (χ3v) is 7.47. The fourth-order valence-corrected chi connectivity index (χ4v) is 5.18. The topological polar surface area (TPSA) is 91.3 Å². The van der Waals surface area contributed by atoms with Crippen molar-refractivity contribution < 1.29 is 24.2 Å². The van der Waals surface area contributed by atoms with E-state index in [9.17, 15) is 14.7 Å². The van der Waals surface area contributed by atoms with Crippen molar-refractivity contribution in [2.45, 2.75) is 96.7 Å². The van der Waals surface area contributed by atoms with E-state index in [0.717, 1.165) is 25.8 Å². The van der Waals surface area contributed by atoms with Crippen LogP contribution >= 0.6 is 0 Å². The molecule has 0 spiro atoms.